The zero-order valence-corrected chi connectivity index (χ0v) is 21.2. The first kappa shape index (κ1) is 25.4. The fraction of sp³-hybridized carbons (Fsp3) is 0.462. The molecule has 33 heavy (non-hydrogen) atoms. The summed E-state index contributed by atoms with van der Waals surface area (Å²) in [7, 11) is 3.60. The first-order valence-corrected chi connectivity index (χ1v) is 13.1. The van der Waals surface area contributed by atoms with Crippen LogP contribution in [0.1, 0.15) is 35.2 Å². The number of methoxy groups -OCH3 is 1. The number of likely N-dealkylation sites (N-methyl/N-ethyl adjacent to an activating group) is 1. The van der Waals surface area contributed by atoms with Gasteiger partial charge in [-0.2, -0.15) is 11.8 Å². The Morgan fingerprint density at radius 1 is 1.18 bits per heavy atom. The number of hydrogen-bond acceptors (Lipinski definition) is 4. The second-order valence-corrected chi connectivity index (χ2v) is 9.93. The number of carbonyl (C=O) groups is 2. The van der Waals surface area contributed by atoms with Crippen LogP contribution in [-0.4, -0.2) is 66.9 Å². The zero-order chi connectivity index (χ0) is 23.8. The highest BCUT2D eigenvalue weighted by atomic mass is 35.5. The molecule has 0 spiro atoms. The van der Waals surface area contributed by atoms with Crippen molar-refractivity contribution in [2.75, 3.05) is 39.3 Å². The second-order valence-electron chi connectivity index (χ2n) is 8.51. The largest absolute Gasteiger partial charge is 0.497 e. The van der Waals surface area contributed by atoms with Crippen LogP contribution in [0.4, 0.5) is 0 Å². The van der Waals surface area contributed by atoms with Crippen LogP contribution < -0.4 is 4.74 Å². The highest BCUT2D eigenvalue weighted by molar-refractivity contribution is 7.98. The number of halogens is 1. The number of amides is 2. The first-order valence-electron chi connectivity index (χ1n) is 11.3. The molecule has 0 aromatic heterocycles. The van der Waals surface area contributed by atoms with Crippen LogP contribution >= 0.6 is 23.4 Å². The van der Waals surface area contributed by atoms with Crippen LogP contribution in [0.2, 0.25) is 5.02 Å². The Morgan fingerprint density at radius 3 is 2.58 bits per heavy atom. The fourth-order valence-electron chi connectivity index (χ4n) is 4.50. The highest BCUT2D eigenvalue weighted by Crippen LogP contribution is 2.29. The van der Waals surface area contributed by atoms with Gasteiger partial charge in [0.1, 0.15) is 5.75 Å². The number of likely N-dealkylation sites (tertiary alicyclic amines) is 1. The molecule has 2 aromatic rings. The van der Waals surface area contributed by atoms with Crippen LogP contribution in [-0.2, 0) is 11.2 Å². The molecule has 178 valence electrons. The van der Waals surface area contributed by atoms with E-state index in [4.69, 9.17) is 16.3 Å². The van der Waals surface area contributed by atoms with Crippen LogP contribution in [0, 0.1) is 5.92 Å². The van der Waals surface area contributed by atoms with Gasteiger partial charge in [0.2, 0.25) is 5.91 Å². The number of benzene rings is 2. The summed E-state index contributed by atoms with van der Waals surface area (Å²) in [5, 5.41) is 0.569. The molecule has 1 heterocycles. The second kappa shape index (κ2) is 12.3. The molecule has 2 amide bonds. The van der Waals surface area contributed by atoms with Gasteiger partial charge in [-0.3, -0.25) is 9.59 Å². The molecule has 0 radical (unpaired) electrons. The lowest BCUT2D eigenvalue weighted by atomic mass is 9.84. The van der Waals surface area contributed by atoms with E-state index in [1.807, 2.05) is 53.4 Å². The molecule has 1 fully saturated rings. The predicted molar refractivity (Wildman–Crippen MR) is 136 cm³/mol. The summed E-state index contributed by atoms with van der Waals surface area (Å²) >= 11 is 7.76. The fourth-order valence-corrected chi connectivity index (χ4v) is 5.07. The normalized spacial score (nSPS) is 15.2. The molecule has 0 N–H and O–H groups in total. The van der Waals surface area contributed by atoms with E-state index in [2.05, 4.69) is 6.07 Å². The number of piperidine rings is 1. The molecule has 1 aliphatic rings. The van der Waals surface area contributed by atoms with Crippen molar-refractivity contribution in [2.24, 2.45) is 5.92 Å². The molecule has 1 saturated heterocycles. The Kier molecular flexibility index (Phi) is 9.51. The summed E-state index contributed by atoms with van der Waals surface area (Å²) in [6, 6.07) is 15.3. The summed E-state index contributed by atoms with van der Waals surface area (Å²) in [5.41, 5.74) is 1.78. The number of ether oxygens (including phenoxy) is 1. The molecule has 1 aliphatic heterocycles. The zero-order valence-electron chi connectivity index (χ0n) is 19.6. The minimum absolute atomic E-state index is 0.0182. The minimum atomic E-state index is 0.0182. The van der Waals surface area contributed by atoms with E-state index in [0.717, 1.165) is 36.3 Å². The Morgan fingerprint density at radius 2 is 1.91 bits per heavy atom. The average molecular weight is 489 g/mol. The van der Waals surface area contributed by atoms with Gasteiger partial charge in [0, 0.05) is 48.9 Å². The van der Waals surface area contributed by atoms with Crippen molar-refractivity contribution in [3.63, 3.8) is 0 Å². The van der Waals surface area contributed by atoms with E-state index in [0.29, 0.717) is 36.0 Å². The average Bonchev–Trinajstić information content (AvgIpc) is 2.85. The molecule has 0 aliphatic carbocycles. The van der Waals surface area contributed by atoms with Gasteiger partial charge < -0.3 is 14.5 Å². The first-order chi connectivity index (χ1) is 15.9. The van der Waals surface area contributed by atoms with Crippen LogP contribution in [0.25, 0.3) is 0 Å². The molecular formula is C26H33ClN2O3S. The van der Waals surface area contributed by atoms with Crippen molar-refractivity contribution in [3.05, 3.63) is 64.7 Å². The van der Waals surface area contributed by atoms with Crippen molar-refractivity contribution in [3.8, 4) is 5.75 Å². The third-order valence-electron chi connectivity index (χ3n) is 6.43. The molecule has 2 aromatic carbocycles. The lowest BCUT2D eigenvalue weighted by molar-refractivity contribution is -0.132. The topological polar surface area (TPSA) is 49.9 Å². The third-order valence-corrected chi connectivity index (χ3v) is 7.28. The van der Waals surface area contributed by atoms with Gasteiger partial charge in [-0.05, 0) is 67.3 Å². The Labute approximate surface area is 206 Å². The summed E-state index contributed by atoms with van der Waals surface area (Å²) < 4.78 is 5.40. The third kappa shape index (κ3) is 6.90. The lowest BCUT2D eigenvalue weighted by Gasteiger charge is -2.40. The summed E-state index contributed by atoms with van der Waals surface area (Å²) in [6.07, 6.45) is 5.06. The molecule has 1 atom stereocenters. The van der Waals surface area contributed by atoms with E-state index in [1.54, 1.807) is 31.0 Å². The SMILES string of the molecule is COc1cccc(CC(C2CCN(C(=O)c3cccc(Cl)c3)CC2)N(C)C(=O)CCSC)c1. The predicted octanol–water partition coefficient (Wildman–Crippen LogP) is 5.02. The Bertz CT molecular complexity index is 947. The van der Waals surface area contributed by atoms with Crippen LogP contribution in [0.3, 0.4) is 0 Å². The number of rotatable bonds is 9. The maximum Gasteiger partial charge on any atom is 0.253 e. The number of hydrogen-bond donors (Lipinski definition) is 0. The van der Waals surface area contributed by atoms with Crippen molar-refractivity contribution >= 4 is 35.2 Å². The smallest absolute Gasteiger partial charge is 0.253 e. The van der Waals surface area contributed by atoms with Gasteiger partial charge in [-0.25, -0.2) is 0 Å². The molecule has 3 rings (SSSR count). The van der Waals surface area contributed by atoms with Crippen LogP contribution in [0.5, 0.6) is 5.75 Å². The van der Waals surface area contributed by atoms with Crippen LogP contribution in [0.15, 0.2) is 48.5 Å². The molecule has 7 heteroatoms. The van der Waals surface area contributed by atoms with Gasteiger partial charge in [0.15, 0.2) is 0 Å². The summed E-state index contributed by atoms with van der Waals surface area (Å²) in [6.45, 7) is 1.36. The molecular weight excluding hydrogens is 456 g/mol. The van der Waals surface area contributed by atoms with Gasteiger partial charge in [-0.1, -0.05) is 29.8 Å². The van der Waals surface area contributed by atoms with Crippen molar-refractivity contribution in [1.29, 1.82) is 0 Å². The number of thioether (sulfide) groups is 1. The van der Waals surface area contributed by atoms with Gasteiger partial charge in [-0.15, -0.1) is 0 Å². The quantitative estimate of drug-likeness (QED) is 0.497. The number of nitrogens with zero attached hydrogens (tertiary/aromatic N) is 2. The monoisotopic (exact) mass is 488 g/mol. The Hall–Kier alpha value is -2.18. The van der Waals surface area contributed by atoms with Crippen molar-refractivity contribution in [2.45, 2.75) is 31.7 Å². The minimum Gasteiger partial charge on any atom is -0.497 e. The van der Waals surface area contributed by atoms with E-state index < -0.39 is 0 Å². The van der Waals surface area contributed by atoms with E-state index in [1.165, 1.54) is 0 Å². The summed E-state index contributed by atoms with van der Waals surface area (Å²) in [5.74, 6) is 2.16. The summed E-state index contributed by atoms with van der Waals surface area (Å²) in [4.78, 5) is 29.7. The molecule has 5 nitrogen and oxygen atoms in total. The van der Waals surface area contributed by atoms with E-state index in [9.17, 15) is 9.59 Å². The molecule has 0 saturated carbocycles. The van der Waals surface area contributed by atoms with E-state index in [-0.39, 0.29) is 17.9 Å². The van der Waals surface area contributed by atoms with Crippen molar-refractivity contribution in [1.82, 2.24) is 9.80 Å². The highest BCUT2D eigenvalue weighted by Gasteiger charge is 2.33. The maximum absolute atomic E-state index is 12.9. The standard InChI is InChI=1S/C26H33ClN2O3S/c1-28(25(30)12-15-33-3)24(17-19-6-4-9-23(16-19)32-2)20-10-13-29(14-11-20)26(31)21-7-5-8-22(27)18-21/h4-9,16,18,20,24H,10-15,17H2,1-3H3. The molecule has 1 unspecified atom stereocenters. The lowest BCUT2D eigenvalue weighted by Crippen LogP contribution is -2.48. The van der Waals surface area contributed by atoms with Crippen molar-refractivity contribution < 1.29 is 14.3 Å². The maximum atomic E-state index is 12.9. The van der Waals surface area contributed by atoms with Gasteiger partial charge in [0.05, 0.1) is 7.11 Å². The number of carbonyl (C=O) groups excluding carboxylic acids is 2. The Balaban J connectivity index is 1.72. The molecule has 0 bridgehead atoms. The van der Waals surface area contributed by atoms with Gasteiger partial charge >= 0.3 is 0 Å². The van der Waals surface area contributed by atoms with E-state index >= 15 is 0 Å². The van der Waals surface area contributed by atoms with Gasteiger partial charge in [0.25, 0.3) is 5.91 Å².